The number of rotatable bonds is 5. The molecule has 1 aliphatic heterocycles. The molecular formula is C15H25NO3. The first-order valence-electron chi connectivity index (χ1n) is 7.63. The van der Waals surface area contributed by atoms with Crippen molar-refractivity contribution in [2.45, 2.75) is 58.3 Å². The Morgan fingerprint density at radius 1 is 1.26 bits per heavy atom. The third-order valence-corrected chi connectivity index (χ3v) is 4.54. The SMILES string of the molecule is CCC(=O)OCCCN1CCC2(CCCCC2)C1=O. The van der Waals surface area contributed by atoms with Gasteiger partial charge in [-0.3, -0.25) is 9.59 Å². The minimum Gasteiger partial charge on any atom is -0.466 e. The zero-order valence-electron chi connectivity index (χ0n) is 12.0. The van der Waals surface area contributed by atoms with Crippen molar-refractivity contribution in [3.8, 4) is 0 Å². The van der Waals surface area contributed by atoms with Gasteiger partial charge in [0, 0.05) is 19.5 Å². The highest BCUT2D eigenvalue weighted by Crippen LogP contribution is 2.44. The molecule has 0 aromatic heterocycles. The van der Waals surface area contributed by atoms with E-state index in [1.54, 1.807) is 6.92 Å². The molecule has 108 valence electrons. The Hall–Kier alpha value is -1.06. The van der Waals surface area contributed by atoms with Crippen molar-refractivity contribution in [2.75, 3.05) is 19.7 Å². The molecular weight excluding hydrogens is 242 g/mol. The molecule has 0 unspecified atom stereocenters. The van der Waals surface area contributed by atoms with Crippen molar-refractivity contribution in [2.24, 2.45) is 5.41 Å². The van der Waals surface area contributed by atoms with Crippen molar-refractivity contribution in [3.63, 3.8) is 0 Å². The molecule has 4 heteroatoms. The van der Waals surface area contributed by atoms with Crippen LogP contribution >= 0.6 is 0 Å². The van der Waals surface area contributed by atoms with Gasteiger partial charge in [0.05, 0.1) is 12.0 Å². The summed E-state index contributed by atoms with van der Waals surface area (Å²) in [6, 6.07) is 0. The normalized spacial score (nSPS) is 21.9. The quantitative estimate of drug-likeness (QED) is 0.568. The van der Waals surface area contributed by atoms with E-state index in [2.05, 4.69) is 0 Å². The van der Waals surface area contributed by atoms with Gasteiger partial charge in [-0.2, -0.15) is 0 Å². The van der Waals surface area contributed by atoms with Crippen LogP contribution in [0.4, 0.5) is 0 Å². The maximum absolute atomic E-state index is 12.5. The average molecular weight is 267 g/mol. The molecule has 19 heavy (non-hydrogen) atoms. The minimum atomic E-state index is -0.156. The number of hydrogen-bond acceptors (Lipinski definition) is 3. The molecule has 2 rings (SSSR count). The number of carbonyl (C=O) groups is 2. The van der Waals surface area contributed by atoms with Gasteiger partial charge in [0.1, 0.15) is 0 Å². The fourth-order valence-corrected chi connectivity index (χ4v) is 3.34. The van der Waals surface area contributed by atoms with Crippen LogP contribution in [-0.4, -0.2) is 36.5 Å². The van der Waals surface area contributed by atoms with E-state index >= 15 is 0 Å². The highest BCUT2D eigenvalue weighted by molar-refractivity contribution is 5.84. The zero-order chi connectivity index (χ0) is 13.7. The molecule has 0 bridgehead atoms. The summed E-state index contributed by atoms with van der Waals surface area (Å²) in [4.78, 5) is 25.5. The molecule has 1 heterocycles. The summed E-state index contributed by atoms with van der Waals surface area (Å²) in [7, 11) is 0. The van der Waals surface area contributed by atoms with Crippen molar-refractivity contribution in [1.29, 1.82) is 0 Å². The van der Waals surface area contributed by atoms with Gasteiger partial charge in [0.15, 0.2) is 0 Å². The lowest BCUT2D eigenvalue weighted by atomic mass is 9.73. The minimum absolute atomic E-state index is 0.0294. The second-order valence-electron chi connectivity index (χ2n) is 5.81. The standard InChI is InChI=1S/C15H25NO3/c1-2-13(17)19-12-6-10-16-11-9-15(14(16)18)7-4-3-5-8-15/h2-12H2,1H3. The lowest BCUT2D eigenvalue weighted by Crippen LogP contribution is -2.36. The molecule has 1 aliphatic carbocycles. The summed E-state index contributed by atoms with van der Waals surface area (Å²) < 4.78 is 5.05. The van der Waals surface area contributed by atoms with Crippen LogP contribution in [-0.2, 0) is 14.3 Å². The predicted octanol–water partition coefficient (Wildman–Crippen LogP) is 2.51. The number of likely N-dealkylation sites (tertiary alicyclic amines) is 1. The van der Waals surface area contributed by atoms with Crippen LogP contribution in [0.2, 0.25) is 0 Å². The maximum Gasteiger partial charge on any atom is 0.305 e. The summed E-state index contributed by atoms with van der Waals surface area (Å²) in [5.74, 6) is 0.200. The van der Waals surface area contributed by atoms with E-state index in [1.807, 2.05) is 4.90 Å². The highest BCUT2D eigenvalue weighted by atomic mass is 16.5. The first-order chi connectivity index (χ1) is 9.18. The predicted molar refractivity (Wildman–Crippen MR) is 72.6 cm³/mol. The van der Waals surface area contributed by atoms with Gasteiger partial charge in [0.25, 0.3) is 0 Å². The Morgan fingerprint density at radius 2 is 2.00 bits per heavy atom. The average Bonchev–Trinajstić information content (AvgIpc) is 2.73. The molecule has 1 amide bonds. The van der Waals surface area contributed by atoms with Crippen LogP contribution < -0.4 is 0 Å². The molecule has 0 radical (unpaired) electrons. The van der Waals surface area contributed by atoms with Crippen LogP contribution in [0.1, 0.15) is 58.3 Å². The van der Waals surface area contributed by atoms with Crippen molar-refractivity contribution in [1.82, 2.24) is 4.90 Å². The summed E-state index contributed by atoms with van der Waals surface area (Å²) in [5.41, 5.74) is -0.0294. The topological polar surface area (TPSA) is 46.6 Å². The molecule has 0 aromatic rings. The van der Waals surface area contributed by atoms with Gasteiger partial charge in [0.2, 0.25) is 5.91 Å². The first-order valence-corrected chi connectivity index (χ1v) is 7.63. The Bertz CT molecular complexity index is 334. The molecule has 1 saturated carbocycles. The van der Waals surface area contributed by atoms with Gasteiger partial charge in [-0.1, -0.05) is 26.2 Å². The summed E-state index contributed by atoms with van der Waals surface area (Å²) in [6.45, 7) is 3.85. The second-order valence-corrected chi connectivity index (χ2v) is 5.81. The molecule has 2 aliphatic rings. The highest BCUT2D eigenvalue weighted by Gasteiger charge is 2.46. The number of amides is 1. The number of nitrogens with zero attached hydrogens (tertiary/aromatic N) is 1. The third-order valence-electron chi connectivity index (χ3n) is 4.54. The van der Waals surface area contributed by atoms with Crippen molar-refractivity contribution >= 4 is 11.9 Å². The van der Waals surface area contributed by atoms with Crippen LogP contribution in [0, 0.1) is 5.41 Å². The summed E-state index contributed by atoms with van der Waals surface area (Å²) in [6.07, 6.45) is 8.05. The van der Waals surface area contributed by atoms with Crippen LogP contribution in [0.15, 0.2) is 0 Å². The molecule has 1 spiro atoms. The Kier molecular flexibility index (Phi) is 4.83. The zero-order valence-corrected chi connectivity index (χ0v) is 12.0. The fourth-order valence-electron chi connectivity index (χ4n) is 3.34. The third kappa shape index (κ3) is 3.28. The molecule has 0 aromatic carbocycles. The molecule has 1 saturated heterocycles. The summed E-state index contributed by atoms with van der Waals surface area (Å²) >= 11 is 0. The smallest absolute Gasteiger partial charge is 0.305 e. The van der Waals surface area contributed by atoms with Gasteiger partial charge < -0.3 is 9.64 Å². The molecule has 2 fully saturated rings. The molecule has 0 N–H and O–H groups in total. The van der Waals surface area contributed by atoms with Gasteiger partial charge in [-0.05, 0) is 25.7 Å². The molecule has 0 atom stereocenters. The first kappa shape index (κ1) is 14.4. The van der Waals surface area contributed by atoms with E-state index in [-0.39, 0.29) is 11.4 Å². The Balaban J connectivity index is 1.74. The van der Waals surface area contributed by atoms with Gasteiger partial charge >= 0.3 is 5.97 Å². The fraction of sp³-hybridized carbons (Fsp3) is 0.867. The lowest BCUT2D eigenvalue weighted by molar-refractivity contribution is -0.143. The van der Waals surface area contributed by atoms with Crippen LogP contribution in [0.25, 0.3) is 0 Å². The number of hydrogen-bond donors (Lipinski definition) is 0. The summed E-state index contributed by atoms with van der Waals surface area (Å²) in [5, 5.41) is 0. The Morgan fingerprint density at radius 3 is 2.68 bits per heavy atom. The van der Waals surface area contributed by atoms with Gasteiger partial charge in [-0.25, -0.2) is 0 Å². The monoisotopic (exact) mass is 267 g/mol. The van der Waals surface area contributed by atoms with Crippen molar-refractivity contribution < 1.29 is 14.3 Å². The maximum atomic E-state index is 12.5. The largest absolute Gasteiger partial charge is 0.466 e. The number of carbonyl (C=O) groups excluding carboxylic acids is 2. The van der Waals surface area contributed by atoms with Crippen LogP contribution in [0.5, 0.6) is 0 Å². The Labute approximate surface area is 115 Å². The van der Waals surface area contributed by atoms with E-state index in [0.29, 0.717) is 18.9 Å². The number of ether oxygens (including phenoxy) is 1. The lowest BCUT2D eigenvalue weighted by Gasteiger charge is -2.31. The van der Waals surface area contributed by atoms with Gasteiger partial charge in [-0.15, -0.1) is 0 Å². The van der Waals surface area contributed by atoms with Crippen molar-refractivity contribution in [3.05, 3.63) is 0 Å². The van der Waals surface area contributed by atoms with E-state index in [9.17, 15) is 9.59 Å². The van der Waals surface area contributed by atoms with E-state index < -0.39 is 0 Å². The number of esters is 1. The molecule has 4 nitrogen and oxygen atoms in total. The van der Waals surface area contributed by atoms with Crippen LogP contribution in [0.3, 0.4) is 0 Å². The van der Waals surface area contributed by atoms with E-state index in [0.717, 1.165) is 38.8 Å². The van der Waals surface area contributed by atoms with E-state index in [4.69, 9.17) is 4.74 Å². The van der Waals surface area contributed by atoms with E-state index in [1.165, 1.54) is 19.3 Å². The second kappa shape index (κ2) is 6.40.